The lowest BCUT2D eigenvalue weighted by Gasteiger charge is -2.21. The van der Waals surface area contributed by atoms with Gasteiger partial charge in [0.1, 0.15) is 0 Å². The molecular formula is C21H22N2O3. The molecule has 0 unspecified atom stereocenters. The summed E-state index contributed by atoms with van der Waals surface area (Å²) in [7, 11) is 0. The van der Waals surface area contributed by atoms with Gasteiger partial charge in [-0.3, -0.25) is 9.59 Å². The van der Waals surface area contributed by atoms with E-state index in [0.717, 1.165) is 12.0 Å². The molecule has 2 aromatic carbocycles. The molecule has 0 fully saturated rings. The van der Waals surface area contributed by atoms with Gasteiger partial charge < -0.3 is 10.1 Å². The molecule has 0 aliphatic heterocycles. The molecule has 0 bridgehead atoms. The van der Waals surface area contributed by atoms with E-state index >= 15 is 0 Å². The topological polar surface area (TPSA) is 79.2 Å². The van der Waals surface area contributed by atoms with Crippen molar-refractivity contribution in [2.24, 2.45) is 5.92 Å². The maximum atomic E-state index is 12.6. The van der Waals surface area contributed by atoms with Gasteiger partial charge in [-0.2, -0.15) is 5.26 Å². The van der Waals surface area contributed by atoms with Crippen LogP contribution in [-0.2, 0) is 14.3 Å². The van der Waals surface area contributed by atoms with Crippen molar-refractivity contribution in [3.05, 3.63) is 65.7 Å². The number of rotatable bonds is 7. The normalized spacial score (nSPS) is 12.5. The summed E-state index contributed by atoms with van der Waals surface area (Å²) in [6, 6.07) is 18.0. The van der Waals surface area contributed by atoms with Crippen LogP contribution in [0.2, 0.25) is 0 Å². The van der Waals surface area contributed by atoms with Crippen LogP contribution in [0.15, 0.2) is 54.6 Å². The molecule has 0 aliphatic carbocycles. The van der Waals surface area contributed by atoms with Gasteiger partial charge in [-0.05, 0) is 29.7 Å². The SMILES string of the molecule is CC[C@H](C)[C@@H](C(=O)OCC(=O)Nc1cccc(C#N)c1)c1ccccc1. The summed E-state index contributed by atoms with van der Waals surface area (Å²) in [6.45, 7) is 3.64. The number of hydrogen-bond donors (Lipinski definition) is 1. The van der Waals surface area contributed by atoms with Gasteiger partial charge in [-0.1, -0.05) is 56.7 Å². The van der Waals surface area contributed by atoms with Crippen molar-refractivity contribution in [2.45, 2.75) is 26.2 Å². The average molecular weight is 350 g/mol. The number of anilines is 1. The molecule has 0 heterocycles. The zero-order chi connectivity index (χ0) is 18.9. The number of carbonyl (C=O) groups excluding carboxylic acids is 2. The molecule has 2 aromatic rings. The number of nitriles is 1. The van der Waals surface area contributed by atoms with Crippen LogP contribution in [0.5, 0.6) is 0 Å². The van der Waals surface area contributed by atoms with Crippen molar-refractivity contribution < 1.29 is 14.3 Å². The second-order valence-electron chi connectivity index (χ2n) is 6.12. The second kappa shape index (κ2) is 9.38. The van der Waals surface area contributed by atoms with E-state index in [2.05, 4.69) is 5.32 Å². The van der Waals surface area contributed by atoms with Crippen LogP contribution in [-0.4, -0.2) is 18.5 Å². The van der Waals surface area contributed by atoms with Crippen molar-refractivity contribution >= 4 is 17.6 Å². The van der Waals surface area contributed by atoms with Gasteiger partial charge >= 0.3 is 5.97 Å². The van der Waals surface area contributed by atoms with Crippen molar-refractivity contribution in [2.75, 3.05) is 11.9 Å². The lowest BCUT2D eigenvalue weighted by molar-refractivity contribution is -0.150. The lowest BCUT2D eigenvalue weighted by Crippen LogP contribution is -2.26. The molecule has 134 valence electrons. The molecule has 0 saturated carbocycles. The first-order valence-corrected chi connectivity index (χ1v) is 8.56. The van der Waals surface area contributed by atoms with Gasteiger partial charge in [-0.25, -0.2) is 0 Å². The highest BCUT2D eigenvalue weighted by Crippen LogP contribution is 2.28. The third-order valence-corrected chi connectivity index (χ3v) is 4.25. The molecule has 2 atom stereocenters. The fraction of sp³-hybridized carbons (Fsp3) is 0.286. The van der Waals surface area contributed by atoms with Gasteiger partial charge in [0.05, 0.1) is 17.6 Å². The van der Waals surface area contributed by atoms with Crippen molar-refractivity contribution in [1.29, 1.82) is 5.26 Å². The van der Waals surface area contributed by atoms with E-state index in [-0.39, 0.29) is 12.5 Å². The summed E-state index contributed by atoms with van der Waals surface area (Å²) >= 11 is 0. The fourth-order valence-corrected chi connectivity index (χ4v) is 2.68. The van der Waals surface area contributed by atoms with Crippen molar-refractivity contribution in [1.82, 2.24) is 0 Å². The smallest absolute Gasteiger partial charge is 0.314 e. The molecule has 1 amide bonds. The van der Waals surface area contributed by atoms with Gasteiger partial charge in [0.25, 0.3) is 5.91 Å². The maximum absolute atomic E-state index is 12.6. The van der Waals surface area contributed by atoms with Crippen LogP contribution in [0.3, 0.4) is 0 Å². The first kappa shape index (κ1) is 19.2. The number of benzene rings is 2. The Morgan fingerprint density at radius 3 is 2.54 bits per heavy atom. The number of carbonyl (C=O) groups is 2. The highest BCUT2D eigenvalue weighted by Gasteiger charge is 2.27. The van der Waals surface area contributed by atoms with Gasteiger partial charge in [0, 0.05) is 5.69 Å². The number of nitrogens with zero attached hydrogens (tertiary/aromatic N) is 1. The molecular weight excluding hydrogens is 328 g/mol. The van der Waals surface area contributed by atoms with Crippen LogP contribution >= 0.6 is 0 Å². The quantitative estimate of drug-likeness (QED) is 0.769. The lowest BCUT2D eigenvalue weighted by atomic mass is 9.86. The molecule has 5 heteroatoms. The highest BCUT2D eigenvalue weighted by molar-refractivity contribution is 5.93. The summed E-state index contributed by atoms with van der Waals surface area (Å²) in [5.41, 5.74) is 1.82. The van der Waals surface area contributed by atoms with Crippen LogP contribution in [0.4, 0.5) is 5.69 Å². The summed E-state index contributed by atoms with van der Waals surface area (Å²) in [6.07, 6.45) is 0.821. The van der Waals surface area contributed by atoms with E-state index in [9.17, 15) is 9.59 Å². The Morgan fingerprint density at radius 1 is 1.15 bits per heavy atom. The van der Waals surface area contributed by atoms with Gasteiger partial charge in [-0.15, -0.1) is 0 Å². The van der Waals surface area contributed by atoms with E-state index < -0.39 is 17.8 Å². The Labute approximate surface area is 153 Å². The van der Waals surface area contributed by atoms with Crippen LogP contribution in [0, 0.1) is 17.2 Å². The number of nitrogens with one attached hydrogen (secondary N) is 1. The van der Waals surface area contributed by atoms with E-state index in [1.165, 1.54) is 0 Å². The molecule has 0 saturated heterocycles. The summed E-state index contributed by atoms with van der Waals surface area (Å²) in [5.74, 6) is -1.16. The number of ether oxygens (including phenoxy) is 1. The third kappa shape index (κ3) is 5.18. The number of esters is 1. The Hall–Kier alpha value is -3.13. The molecule has 26 heavy (non-hydrogen) atoms. The number of hydrogen-bond acceptors (Lipinski definition) is 4. The van der Waals surface area contributed by atoms with E-state index in [1.807, 2.05) is 50.2 Å². The molecule has 5 nitrogen and oxygen atoms in total. The predicted octanol–water partition coefficient (Wildman–Crippen LogP) is 3.87. The monoisotopic (exact) mass is 350 g/mol. The minimum Gasteiger partial charge on any atom is -0.455 e. The minimum atomic E-state index is -0.440. The fourth-order valence-electron chi connectivity index (χ4n) is 2.68. The average Bonchev–Trinajstić information content (AvgIpc) is 2.67. The highest BCUT2D eigenvalue weighted by atomic mass is 16.5. The third-order valence-electron chi connectivity index (χ3n) is 4.25. The van der Waals surface area contributed by atoms with Crippen LogP contribution in [0.1, 0.15) is 37.3 Å². The van der Waals surface area contributed by atoms with Gasteiger partial charge in [0.2, 0.25) is 0 Å². The standard InChI is InChI=1S/C21H22N2O3/c1-3-15(2)20(17-9-5-4-6-10-17)21(25)26-14-19(24)23-18-11-7-8-16(12-18)13-22/h4-12,15,20H,3,14H2,1-2H3,(H,23,24)/t15-,20+/m0/s1. The first-order valence-electron chi connectivity index (χ1n) is 8.56. The molecule has 0 radical (unpaired) electrons. The molecule has 0 aliphatic rings. The van der Waals surface area contributed by atoms with E-state index in [4.69, 9.17) is 10.00 Å². The van der Waals surface area contributed by atoms with Crippen molar-refractivity contribution in [3.63, 3.8) is 0 Å². The summed E-state index contributed by atoms with van der Waals surface area (Å²) < 4.78 is 5.26. The van der Waals surface area contributed by atoms with Gasteiger partial charge in [0.15, 0.2) is 6.61 Å². The van der Waals surface area contributed by atoms with E-state index in [0.29, 0.717) is 11.3 Å². The first-order chi connectivity index (χ1) is 12.5. The molecule has 1 N–H and O–H groups in total. The summed E-state index contributed by atoms with van der Waals surface area (Å²) in [5, 5.41) is 11.5. The van der Waals surface area contributed by atoms with E-state index in [1.54, 1.807) is 24.3 Å². The van der Waals surface area contributed by atoms with Crippen molar-refractivity contribution in [3.8, 4) is 6.07 Å². The molecule has 0 spiro atoms. The largest absolute Gasteiger partial charge is 0.455 e. The zero-order valence-electron chi connectivity index (χ0n) is 14.9. The Kier molecular flexibility index (Phi) is 6.92. The number of amides is 1. The zero-order valence-corrected chi connectivity index (χ0v) is 14.9. The second-order valence-corrected chi connectivity index (χ2v) is 6.12. The summed E-state index contributed by atoms with van der Waals surface area (Å²) in [4.78, 5) is 24.6. The maximum Gasteiger partial charge on any atom is 0.314 e. The van der Waals surface area contributed by atoms with Crippen LogP contribution < -0.4 is 5.32 Å². The molecule has 0 aromatic heterocycles. The Morgan fingerprint density at radius 2 is 1.88 bits per heavy atom. The Bertz CT molecular complexity index is 796. The molecule has 2 rings (SSSR count). The minimum absolute atomic E-state index is 0.0975. The predicted molar refractivity (Wildman–Crippen MR) is 99.4 cm³/mol. The van der Waals surface area contributed by atoms with Crippen LogP contribution in [0.25, 0.3) is 0 Å². The Balaban J connectivity index is 1.98.